The second-order valence-electron chi connectivity index (χ2n) is 4.68. The first kappa shape index (κ1) is 15.3. The molecule has 0 fully saturated rings. The van der Waals surface area contributed by atoms with Crippen LogP contribution < -0.4 is 0 Å². The van der Waals surface area contributed by atoms with Crippen LogP contribution in [-0.4, -0.2) is 16.2 Å². The minimum atomic E-state index is -1.36. The highest BCUT2D eigenvalue weighted by molar-refractivity contribution is 9.10. The van der Waals surface area contributed by atoms with Crippen molar-refractivity contribution >= 4 is 33.0 Å². The lowest BCUT2D eigenvalue weighted by Gasteiger charge is -2.17. The molecule has 1 unspecified atom stereocenters. The summed E-state index contributed by atoms with van der Waals surface area (Å²) < 4.78 is 19.2. The summed E-state index contributed by atoms with van der Waals surface area (Å²) in [6.07, 6.45) is -0.731. The molecule has 1 amide bonds. The van der Waals surface area contributed by atoms with E-state index in [1.165, 1.54) is 0 Å². The molecule has 0 aromatic heterocycles. The summed E-state index contributed by atoms with van der Waals surface area (Å²) in [4.78, 5) is 11.4. The first-order valence-corrected chi connectivity index (χ1v) is 7.45. The van der Waals surface area contributed by atoms with Gasteiger partial charge >= 0.3 is 6.09 Å². The third kappa shape index (κ3) is 6.28. The number of carbonyl (C=O) groups is 1. The van der Waals surface area contributed by atoms with E-state index < -0.39 is 22.7 Å². The van der Waals surface area contributed by atoms with Crippen LogP contribution in [0.25, 0.3) is 0 Å². The molecule has 6 heteroatoms. The van der Waals surface area contributed by atoms with Crippen LogP contribution in [0.5, 0.6) is 0 Å². The van der Waals surface area contributed by atoms with Gasteiger partial charge < -0.3 is 9.29 Å². The molecule has 0 bridgehead atoms. The third-order valence-corrected chi connectivity index (χ3v) is 3.26. The number of carbonyl (C=O) groups excluding carboxylic acids is 1. The Hall–Kier alpha value is -0.720. The standard InChI is InChI=1S/C12H16BrNO3S/c1-12(2,3)17-11(15)14-18(16)8-9-4-6-10(13)7-5-9/h4-7H,8H2,1-3H3,(H,14,15,16). The van der Waals surface area contributed by atoms with Crippen LogP contribution in [0, 0.1) is 0 Å². The van der Waals surface area contributed by atoms with Crippen molar-refractivity contribution in [2.45, 2.75) is 32.1 Å². The van der Waals surface area contributed by atoms with Crippen molar-refractivity contribution in [2.24, 2.45) is 4.36 Å². The number of amides is 1. The molecule has 0 spiro atoms. The van der Waals surface area contributed by atoms with Crippen LogP contribution in [0.3, 0.4) is 0 Å². The van der Waals surface area contributed by atoms with Crippen LogP contribution in [0.15, 0.2) is 33.1 Å². The minimum Gasteiger partial charge on any atom is -0.442 e. The number of benzene rings is 1. The number of rotatable bonds is 2. The Balaban J connectivity index is 2.62. The van der Waals surface area contributed by atoms with E-state index in [1.54, 1.807) is 20.8 Å². The van der Waals surface area contributed by atoms with Crippen LogP contribution in [0.4, 0.5) is 4.79 Å². The van der Waals surface area contributed by atoms with Crippen LogP contribution in [0.2, 0.25) is 0 Å². The zero-order chi connectivity index (χ0) is 13.8. The monoisotopic (exact) mass is 333 g/mol. The molecular formula is C12H16BrNO3S. The number of hydrogen-bond donors (Lipinski definition) is 1. The topological polar surface area (TPSA) is 58.9 Å². The predicted octanol–water partition coefficient (Wildman–Crippen LogP) is 4.16. The fraction of sp³-hybridized carbons (Fsp3) is 0.417. The summed E-state index contributed by atoms with van der Waals surface area (Å²) in [7, 11) is -1.36. The van der Waals surface area contributed by atoms with Crippen molar-refractivity contribution in [1.82, 2.24) is 0 Å². The highest BCUT2D eigenvalue weighted by Gasteiger charge is 2.15. The molecule has 4 nitrogen and oxygen atoms in total. The van der Waals surface area contributed by atoms with Gasteiger partial charge in [0.15, 0.2) is 0 Å². The average molecular weight is 334 g/mol. The van der Waals surface area contributed by atoms with E-state index in [1.807, 2.05) is 24.3 Å². The van der Waals surface area contributed by atoms with E-state index >= 15 is 0 Å². The van der Waals surface area contributed by atoms with E-state index in [4.69, 9.17) is 4.74 Å². The summed E-state index contributed by atoms with van der Waals surface area (Å²) >= 11 is 3.33. The second kappa shape index (κ2) is 6.45. The summed E-state index contributed by atoms with van der Waals surface area (Å²) in [5, 5.41) is 0. The Kier molecular flexibility index (Phi) is 5.49. The third-order valence-electron chi connectivity index (χ3n) is 1.78. The van der Waals surface area contributed by atoms with E-state index in [9.17, 15) is 9.35 Å². The van der Waals surface area contributed by atoms with Crippen molar-refractivity contribution in [3.8, 4) is 0 Å². The Morgan fingerprint density at radius 3 is 2.44 bits per heavy atom. The van der Waals surface area contributed by atoms with Gasteiger partial charge in [0.1, 0.15) is 5.60 Å². The second-order valence-corrected chi connectivity index (χ2v) is 6.75. The van der Waals surface area contributed by atoms with E-state index in [-0.39, 0.29) is 0 Å². The molecule has 100 valence electrons. The molecule has 0 radical (unpaired) electrons. The molecule has 0 aliphatic rings. The van der Waals surface area contributed by atoms with Gasteiger partial charge in [-0.15, -0.1) is 4.36 Å². The molecule has 1 aromatic rings. The van der Waals surface area contributed by atoms with Gasteiger partial charge in [0.05, 0.1) is 5.75 Å². The molecule has 1 N–H and O–H groups in total. The van der Waals surface area contributed by atoms with Gasteiger partial charge in [0, 0.05) is 15.4 Å². The molecule has 1 atom stereocenters. The van der Waals surface area contributed by atoms with Gasteiger partial charge in [-0.05, 0) is 38.5 Å². The molecule has 0 saturated carbocycles. The molecule has 0 aliphatic heterocycles. The summed E-state index contributed by atoms with van der Waals surface area (Å²) in [6, 6.07) is 7.48. The van der Waals surface area contributed by atoms with Crippen LogP contribution >= 0.6 is 15.9 Å². The van der Waals surface area contributed by atoms with Gasteiger partial charge in [-0.2, -0.15) is 0 Å². The normalized spacial score (nSPS) is 13.4. The van der Waals surface area contributed by atoms with Gasteiger partial charge in [0.25, 0.3) is 0 Å². The molecule has 18 heavy (non-hydrogen) atoms. The van der Waals surface area contributed by atoms with Crippen molar-refractivity contribution < 1.29 is 14.1 Å². The summed E-state index contributed by atoms with van der Waals surface area (Å²) in [6.45, 7) is 5.26. The zero-order valence-electron chi connectivity index (χ0n) is 10.5. The zero-order valence-corrected chi connectivity index (χ0v) is 12.9. The van der Waals surface area contributed by atoms with E-state index in [2.05, 4.69) is 20.3 Å². The van der Waals surface area contributed by atoms with Gasteiger partial charge in [-0.3, -0.25) is 0 Å². The SMILES string of the molecule is CC(C)(C)OC(=O)N=S(O)Cc1ccc(Br)cc1. The first-order chi connectivity index (χ1) is 8.26. The first-order valence-electron chi connectivity index (χ1n) is 5.35. The molecular weight excluding hydrogens is 318 g/mol. The summed E-state index contributed by atoms with van der Waals surface area (Å²) in [5.41, 5.74) is 0.318. The van der Waals surface area contributed by atoms with Crippen molar-refractivity contribution in [3.05, 3.63) is 34.3 Å². The number of hydrogen-bond acceptors (Lipinski definition) is 2. The minimum absolute atomic E-state index is 0.312. The largest absolute Gasteiger partial charge is 0.442 e. The fourth-order valence-corrected chi connectivity index (χ4v) is 2.16. The van der Waals surface area contributed by atoms with Crippen molar-refractivity contribution in [3.63, 3.8) is 0 Å². The Bertz CT molecular complexity index is 451. The van der Waals surface area contributed by atoms with Gasteiger partial charge in [0.2, 0.25) is 0 Å². The highest BCUT2D eigenvalue weighted by Crippen LogP contribution is 2.13. The smallest absolute Gasteiger partial charge is 0.442 e. The maximum atomic E-state index is 11.4. The molecule has 1 rings (SSSR count). The molecule has 0 saturated heterocycles. The number of ether oxygens (including phenoxy) is 1. The predicted molar refractivity (Wildman–Crippen MR) is 76.5 cm³/mol. The quantitative estimate of drug-likeness (QED) is 0.883. The highest BCUT2D eigenvalue weighted by atomic mass is 79.9. The van der Waals surface area contributed by atoms with Crippen molar-refractivity contribution in [2.75, 3.05) is 0 Å². The van der Waals surface area contributed by atoms with Gasteiger partial charge in [-0.1, -0.05) is 28.1 Å². The molecule has 0 heterocycles. The van der Waals surface area contributed by atoms with Crippen LogP contribution in [-0.2, 0) is 21.5 Å². The Labute approximate surface area is 118 Å². The number of nitrogens with zero attached hydrogens (tertiary/aromatic N) is 1. The average Bonchev–Trinajstić information content (AvgIpc) is 2.18. The molecule has 1 aromatic carbocycles. The lowest BCUT2D eigenvalue weighted by molar-refractivity contribution is 0.0607. The maximum absolute atomic E-state index is 11.4. The Morgan fingerprint density at radius 1 is 1.39 bits per heavy atom. The lowest BCUT2D eigenvalue weighted by Crippen LogP contribution is -2.22. The maximum Gasteiger partial charge on any atom is 0.442 e. The fourth-order valence-electron chi connectivity index (χ4n) is 1.13. The van der Waals surface area contributed by atoms with E-state index in [0.29, 0.717) is 5.75 Å². The summed E-state index contributed by atoms with van der Waals surface area (Å²) in [5.74, 6) is 0.312. The van der Waals surface area contributed by atoms with Crippen LogP contribution in [0.1, 0.15) is 26.3 Å². The molecule has 0 aliphatic carbocycles. The lowest BCUT2D eigenvalue weighted by atomic mass is 10.2. The van der Waals surface area contributed by atoms with Crippen molar-refractivity contribution in [1.29, 1.82) is 0 Å². The van der Waals surface area contributed by atoms with E-state index in [0.717, 1.165) is 10.0 Å². The van der Waals surface area contributed by atoms with Gasteiger partial charge in [-0.25, -0.2) is 4.79 Å². The Morgan fingerprint density at radius 2 is 1.94 bits per heavy atom. The number of halogens is 1.